The molecule has 6 heteroatoms. The zero-order valence-electron chi connectivity index (χ0n) is 10.9. The number of nitrogens with zero attached hydrogens (tertiary/aromatic N) is 1. The predicted octanol–water partition coefficient (Wildman–Crippen LogP) is 2.29. The molecule has 0 bridgehead atoms. The molecule has 1 aliphatic rings. The maximum absolute atomic E-state index is 11.5. The van der Waals surface area contributed by atoms with Crippen LogP contribution in [-0.2, 0) is 0 Å². The molecule has 19 heavy (non-hydrogen) atoms. The van der Waals surface area contributed by atoms with Crippen molar-refractivity contribution >= 4 is 27.9 Å². The highest BCUT2D eigenvalue weighted by molar-refractivity contribution is 7.17. The number of nitrogens with one attached hydrogen (secondary N) is 1. The lowest BCUT2D eigenvalue weighted by molar-refractivity contribution is 0.100. The Morgan fingerprint density at radius 3 is 2.58 bits per heavy atom. The van der Waals surface area contributed by atoms with Gasteiger partial charge in [-0.3, -0.25) is 4.79 Å². The molecular weight excluding hydrogens is 260 g/mol. The average molecular weight is 278 g/mol. The number of nitrogen functional groups attached to an aromatic ring is 1. The zero-order chi connectivity index (χ0) is 14.0. The van der Waals surface area contributed by atoms with Crippen molar-refractivity contribution < 1.29 is 4.79 Å². The van der Waals surface area contributed by atoms with Crippen molar-refractivity contribution in [2.24, 2.45) is 11.7 Å². The average Bonchev–Trinajstić information content (AvgIpc) is 2.68. The number of anilines is 2. The van der Waals surface area contributed by atoms with Gasteiger partial charge < -0.3 is 16.8 Å². The first-order valence-corrected chi connectivity index (χ1v) is 7.23. The fourth-order valence-corrected chi connectivity index (χ4v) is 3.46. The van der Waals surface area contributed by atoms with Gasteiger partial charge >= 0.3 is 0 Å². The fraction of sp³-hybridized carbons (Fsp3) is 0.538. The summed E-state index contributed by atoms with van der Waals surface area (Å²) in [5, 5.41) is 13.0. The van der Waals surface area contributed by atoms with Crippen LogP contribution < -0.4 is 16.8 Å². The summed E-state index contributed by atoms with van der Waals surface area (Å²) in [7, 11) is 0. The van der Waals surface area contributed by atoms with Gasteiger partial charge in [0.15, 0.2) is 0 Å². The number of hydrogen-bond donors (Lipinski definition) is 3. The van der Waals surface area contributed by atoms with Crippen molar-refractivity contribution in [1.82, 2.24) is 0 Å². The Morgan fingerprint density at radius 2 is 2.05 bits per heavy atom. The number of amides is 1. The number of hydrogen-bond acceptors (Lipinski definition) is 5. The fourth-order valence-electron chi connectivity index (χ4n) is 2.46. The van der Waals surface area contributed by atoms with Crippen LogP contribution in [0.15, 0.2) is 0 Å². The van der Waals surface area contributed by atoms with Crippen molar-refractivity contribution in [2.45, 2.75) is 38.6 Å². The van der Waals surface area contributed by atoms with E-state index in [0.29, 0.717) is 15.9 Å². The predicted molar refractivity (Wildman–Crippen MR) is 77.0 cm³/mol. The molecule has 0 unspecified atom stereocenters. The molecule has 5 N–H and O–H groups in total. The van der Waals surface area contributed by atoms with E-state index in [-0.39, 0.29) is 11.3 Å². The van der Waals surface area contributed by atoms with Gasteiger partial charge in [-0.2, -0.15) is 5.26 Å². The van der Waals surface area contributed by atoms with Crippen LogP contribution in [0.25, 0.3) is 0 Å². The van der Waals surface area contributed by atoms with E-state index in [0.717, 1.165) is 18.8 Å². The summed E-state index contributed by atoms with van der Waals surface area (Å²) in [4.78, 5) is 11.8. The van der Waals surface area contributed by atoms with Gasteiger partial charge in [-0.05, 0) is 31.6 Å². The number of nitriles is 1. The summed E-state index contributed by atoms with van der Waals surface area (Å²) in [6, 6.07) is 2.33. The maximum Gasteiger partial charge on any atom is 0.253 e. The summed E-state index contributed by atoms with van der Waals surface area (Å²) >= 11 is 1.21. The first-order chi connectivity index (χ1) is 9.02. The van der Waals surface area contributed by atoms with Gasteiger partial charge in [0.25, 0.3) is 5.91 Å². The first kappa shape index (κ1) is 13.7. The van der Waals surface area contributed by atoms with E-state index in [1.54, 1.807) is 0 Å². The van der Waals surface area contributed by atoms with Crippen LogP contribution in [0.3, 0.4) is 0 Å². The van der Waals surface area contributed by atoms with E-state index in [2.05, 4.69) is 12.2 Å². The topological polar surface area (TPSA) is 105 Å². The maximum atomic E-state index is 11.5. The molecule has 1 saturated carbocycles. The molecule has 1 aromatic heterocycles. The number of rotatable bonds is 3. The lowest BCUT2D eigenvalue weighted by atomic mass is 9.87. The highest BCUT2D eigenvalue weighted by Gasteiger charge is 2.24. The Labute approximate surface area is 116 Å². The van der Waals surface area contributed by atoms with Gasteiger partial charge in [0, 0.05) is 6.04 Å². The second kappa shape index (κ2) is 5.49. The Kier molecular flexibility index (Phi) is 3.96. The number of nitrogens with two attached hydrogens (primary N) is 2. The summed E-state index contributed by atoms with van der Waals surface area (Å²) in [6.45, 7) is 2.25. The lowest BCUT2D eigenvalue weighted by Gasteiger charge is -2.27. The SMILES string of the molecule is CC1CCC(Nc2sc(C#N)c(N)c2C(N)=O)CC1. The van der Waals surface area contributed by atoms with Crippen molar-refractivity contribution in [3.8, 4) is 6.07 Å². The van der Waals surface area contributed by atoms with Gasteiger partial charge in [0.05, 0.1) is 11.3 Å². The molecule has 1 amide bonds. The van der Waals surface area contributed by atoms with E-state index >= 15 is 0 Å². The molecule has 5 nitrogen and oxygen atoms in total. The molecule has 0 atom stereocenters. The number of thiophene rings is 1. The monoisotopic (exact) mass is 278 g/mol. The summed E-state index contributed by atoms with van der Waals surface area (Å²) < 4.78 is 0. The Bertz CT molecular complexity index is 523. The second-order valence-corrected chi connectivity index (χ2v) is 6.15. The summed E-state index contributed by atoms with van der Waals surface area (Å²) in [5.41, 5.74) is 11.6. The van der Waals surface area contributed by atoms with Gasteiger partial charge in [0.1, 0.15) is 15.9 Å². The number of carbonyl (C=O) groups is 1. The molecule has 102 valence electrons. The molecular formula is C13H18N4OS. The zero-order valence-corrected chi connectivity index (χ0v) is 11.7. The molecule has 0 saturated heterocycles. The summed E-state index contributed by atoms with van der Waals surface area (Å²) in [6.07, 6.45) is 4.49. The third-order valence-electron chi connectivity index (χ3n) is 3.64. The Balaban J connectivity index is 2.20. The molecule has 1 aliphatic carbocycles. The third kappa shape index (κ3) is 2.82. The van der Waals surface area contributed by atoms with Crippen LogP contribution in [0.4, 0.5) is 10.7 Å². The minimum absolute atomic E-state index is 0.201. The first-order valence-electron chi connectivity index (χ1n) is 6.41. The van der Waals surface area contributed by atoms with Gasteiger partial charge in [-0.1, -0.05) is 6.92 Å². The molecule has 0 aromatic carbocycles. The molecule has 1 aromatic rings. The van der Waals surface area contributed by atoms with Crippen LogP contribution in [0.5, 0.6) is 0 Å². The number of carbonyl (C=O) groups excluding carboxylic acids is 1. The van der Waals surface area contributed by atoms with Gasteiger partial charge in [0.2, 0.25) is 0 Å². The third-order valence-corrected chi connectivity index (χ3v) is 4.69. The lowest BCUT2D eigenvalue weighted by Crippen LogP contribution is -2.26. The quantitative estimate of drug-likeness (QED) is 0.788. The van der Waals surface area contributed by atoms with Crippen LogP contribution in [-0.4, -0.2) is 11.9 Å². The molecule has 2 rings (SSSR count). The molecule has 1 fully saturated rings. The van der Waals surface area contributed by atoms with E-state index in [4.69, 9.17) is 16.7 Å². The standard InChI is InChI=1S/C13H18N4OS/c1-7-2-4-8(5-3-7)17-13-10(12(16)18)11(15)9(6-14)19-13/h7-8,17H,2-5,15H2,1H3,(H2,16,18). The van der Waals surface area contributed by atoms with Gasteiger partial charge in [-0.15, -0.1) is 11.3 Å². The van der Waals surface area contributed by atoms with E-state index in [1.807, 2.05) is 6.07 Å². The minimum Gasteiger partial charge on any atom is -0.396 e. The van der Waals surface area contributed by atoms with Gasteiger partial charge in [-0.25, -0.2) is 0 Å². The van der Waals surface area contributed by atoms with Crippen LogP contribution >= 0.6 is 11.3 Å². The van der Waals surface area contributed by atoms with E-state index in [1.165, 1.54) is 24.2 Å². The van der Waals surface area contributed by atoms with Crippen LogP contribution in [0, 0.1) is 17.2 Å². The smallest absolute Gasteiger partial charge is 0.253 e. The Morgan fingerprint density at radius 1 is 1.42 bits per heavy atom. The highest BCUT2D eigenvalue weighted by atomic mass is 32.1. The molecule has 0 spiro atoms. The van der Waals surface area contributed by atoms with Crippen molar-refractivity contribution in [1.29, 1.82) is 5.26 Å². The van der Waals surface area contributed by atoms with Crippen LogP contribution in [0.1, 0.15) is 47.8 Å². The molecule has 0 radical (unpaired) electrons. The number of primary amides is 1. The summed E-state index contributed by atoms with van der Waals surface area (Å²) in [5.74, 6) is 0.179. The second-order valence-electron chi connectivity index (χ2n) is 5.13. The highest BCUT2D eigenvalue weighted by Crippen LogP contribution is 2.37. The van der Waals surface area contributed by atoms with Crippen molar-refractivity contribution in [2.75, 3.05) is 11.1 Å². The Hall–Kier alpha value is -1.74. The van der Waals surface area contributed by atoms with E-state index in [9.17, 15) is 4.79 Å². The molecule has 0 aliphatic heterocycles. The molecule has 1 heterocycles. The van der Waals surface area contributed by atoms with Crippen LogP contribution in [0.2, 0.25) is 0 Å². The minimum atomic E-state index is -0.582. The largest absolute Gasteiger partial charge is 0.396 e. The normalized spacial score (nSPS) is 22.7. The van der Waals surface area contributed by atoms with E-state index < -0.39 is 5.91 Å². The van der Waals surface area contributed by atoms with Crippen molar-refractivity contribution in [3.63, 3.8) is 0 Å². The van der Waals surface area contributed by atoms with Crippen molar-refractivity contribution in [3.05, 3.63) is 10.4 Å².